The zero-order chi connectivity index (χ0) is 14.3. The van der Waals surface area contributed by atoms with Crippen LogP contribution in [0.25, 0.3) is 0 Å². The fourth-order valence-electron chi connectivity index (χ4n) is 4.47. The van der Waals surface area contributed by atoms with Crippen LogP contribution >= 0.6 is 0 Å². The van der Waals surface area contributed by atoms with Gasteiger partial charge in [0, 0.05) is 6.04 Å². The minimum atomic E-state index is -0.573. The molecule has 2 aliphatic carbocycles. The number of rotatable bonds is 2. The van der Waals surface area contributed by atoms with Gasteiger partial charge < -0.3 is 10.2 Å². The van der Waals surface area contributed by atoms with E-state index in [1.54, 1.807) is 0 Å². The summed E-state index contributed by atoms with van der Waals surface area (Å²) in [6, 6.07) is -0.118. The summed E-state index contributed by atoms with van der Waals surface area (Å²) in [5.74, 6) is 0.795. The molecule has 2 atom stereocenters. The monoisotopic (exact) mass is 278 g/mol. The number of piperazine rings is 1. The molecule has 1 heterocycles. The standard InChI is InChI=1S/C16H26N2O2/c1-11(13-7-3-4-8-13)18-12(2)14(19)17-16(15(18)20)9-5-6-10-16/h11-13H,3-10H2,1-2H3,(H,17,19). The molecule has 2 unspecified atom stereocenters. The molecule has 20 heavy (non-hydrogen) atoms. The highest BCUT2D eigenvalue weighted by molar-refractivity contribution is 6.00. The van der Waals surface area contributed by atoms with Crippen LogP contribution in [0, 0.1) is 5.92 Å². The molecule has 0 aromatic heterocycles. The van der Waals surface area contributed by atoms with Crippen LogP contribution in [0.3, 0.4) is 0 Å². The summed E-state index contributed by atoms with van der Waals surface area (Å²) in [5, 5.41) is 3.04. The van der Waals surface area contributed by atoms with Crippen LogP contribution in [0.5, 0.6) is 0 Å². The van der Waals surface area contributed by atoms with Crippen molar-refractivity contribution in [1.82, 2.24) is 10.2 Å². The average molecular weight is 278 g/mol. The molecule has 3 fully saturated rings. The number of amides is 2. The Morgan fingerprint density at radius 3 is 2.35 bits per heavy atom. The van der Waals surface area contributed by atoms with E-state index in [1.807, 2.05) is 11.8 Å². The minimum absolute atomic E-state index is 0.0383. The third-order valence-corrected chi connectivity index (χ3v) is 5.78. The van der Waals surface area contributed by atoms with Gasteiger partial charge in [-0.25, -0.2) is 0 Å². The first-order chi connectivity index (χ1) is 9.55. The van der Waals surface area contributed by atoms with Crippen molar-refractivity contribution >= 4 is 11.8 Å². The van der Waals surface area contributed by atoms with Gasteiger partial charge in [0.1, 0.15) is 11.6 Å². The number of carbonyl (C=O) groups excluding carboxylic acids is 2. The van der Waals surface area contributed by atoms with E-state index in [4.69, 9.17) is 0 Å². The number of hydrogen-bond donors (Lipinski definition) is 1. The second-order valence-corrected chi connectivity index (χ2v) is 6.95. The van der Waals surface area contributed by atoms with E-state index >= 15 is 0 Å². The van der Waals surface area contributed by atoms with E-state index in [1.165, 1.54) is 25.7 Å². The fraction of sp³-hybridized carbons (Fsp3) is 0.875. The minimum Gasteiger partial charge on any atom is -0.340 e. The Morgan fingerprint density at radius 2 is 1.75 bits per heavy atom. The molecule has 1 aliphatic heterocycles. The van der Waals surface area contributed by atoms with Gasteiger partial charge >= 0.3 is 0 Å². The quantitative estimate of drug-likeness (QED) is 0.842. The highest BCUT2D eigenvalue weighted by Gasteiger charge is 2.52. The first kappa shape index (κ1) is 13.9. The molecule has 0 radical (unpaired) electrons. The largest absolute Gasteiger partial charge is 0.340 e. The highest BCUT2D eigenvalue weighted by Crippen LogP contribution is 2.38. The number of nitrogens with one attached hydrogen (secondary N) is 1. The van der Waals surface area contributed by atoms with E-state index in [9.17, 15) is 9.59 Å². The molecule has 4 heteroatoms. The Hall–Kier alpha value is -1.06. The summed E-state index contributed by atoms with van der Waals surface area (Å²) >= 11 is 0. The molecule has 112 valence electrons. The summed E-state index contributed by atoms with van der Waals surface area (Å²) in [6.45, 7) is 4.02. The molecule has 1 spiro atoms. The van der Waals surface area contributed by atoms with Crippen molar-refractivity contribution in [3.05, 3.63) is 0 Å². The summed E-state index contributed by atoms with van der Waals surface area (Å²) in [4.78, 5) is 27.3. The Morgan fingerprint density at radius 1 is 1.15 bits per heavy atom. The summed E-state index contributed by atoms with van der Waals surface area (Å²) in [6.07, 6.45) is 8.67. The lowest BCUT2D eigenvalue weighted by Gasteiger charge is -2.47. The lowest BCUT2D eigenvalue weighted by molar-refractivity contribution is -0.157. The molecular formula is C16H26N2O2. The van der Waals surface area contributed by atoms with Gasteiger partial charge in [0.2, 0.25) is 11.8 Å². The van der Waals surface area contributed by atoms with E-state index in [2.05, 4.69) is 12.2 Å². The second-order valence-electron chi connectivity index (χ2n) is 6.95. The maximum atomic E-state index is 13.0. The highest BCUT2D eigenvalue weighted by atomic mass is 16.2. The van der Waals surface area contributed by atoms with Gasteiger partial charge in [-0.15, -0.1) is 0 Å². The van der Waals surface area contributed by atoms with Gasteiger partial charge in [-0.3, -0.25) is 9.59 Å². The van der Waals surface area contributed by atoms with Gasteiger partial charge in [-0.1, -0.05) is 25.7 Å². The Balaban J connectivity index is 1.86. The van der Waals surface area contributed by atoms with Crippen LogP contribution in [0.15, 0.2) is 0 Å². The van der Waals surface area contributed by atoms with Crippen LogP contribution in [-0.2, 0) is 9.59 Å². The lowest BCUT2D eigenvalue weighted by atomic mass is 9.87. The topological polar surface area (TPSA) is 49.4 Å². The van der Waals surface area contributed by atoms with Crippen LogP contribution in [-0.4, -0.2) is 34.3 Å². The predicted octanol–water partition coefficient (Wildman–Crippen LogP) is 2.22. The van der Waals surface area contributed by atoms with Gasteiger partial charge in [-0.05, 0) is 45.4 Å². The van der Waals surface area contributed by atoms with Crippen LogP contribution in [0.4, 0.5) is 0 Å². The Labute approximate surface area is 121 Å². The fourth-order valence-corrected chi connectivity index (χ4v) is 4.47. The van der Waals surface area contributed by atoms with E-state index in [-0.39, 0.29) is 23.9 Å². The van der Waals surface area contributed by atoms with Gasteiger partial charge in [0.25, 0.3) is 0 Å². The molecule has 1 N–H and O–H groups in total. The number of carbonyl (C=O) groups is 2. The Kier molecular flexibility index (Phi) is 3.51. The Bertz CT molecular complexity index is 409. The molecular weight excluding hydrogens is 252 g/mol. The summed E-state index contributed by atoms with van der Waals surface area (Å²) in [5.41, 5.74) is -0.573. The molecule has 1 saturated heterocycles. The second kappa shape index (κ2) is 5.05. The maximum absolute atomic E-state index is 13.0. The third-order valence-electron chi connectivity index (χ3n) is 5.78. The van der Waals surface area contributed by atoms with Crippen molar-refractivity contribution < 1.29 is 9.59 Å². The molecule has 3 aliphatic rings. The van der Waals surface area contributed by atoms with Crippen molar-refractivity contribution in [1.29, 1.82) is 0 Å². The molecule has 0 aromatic rings. The van der Waals surface area contributed by atoms with Crippen molar-refractivity contribution in [3.63, 3.8) is 0 Å². The zero-order valence-corrected chi connectivity index (χ0v) is 12.7. The summed E-state index contributed by atoms with van der Waals surface area (Å²) < 4.78 is 0. The van der Waals surface area contributed by atoms with Crippen molar-refractivity contribution in [3.8, 4) is 0 Å². The van der Waals surface area contributed by atoms with Crippen LogP contribution in [0.1, 0.15) is 65.2 Å². The molecule has 0 bridgehead atoms. The maximum Gasteiger partial charge on any atom is 0.249 e. The average Bonchev–Trinajstić information content (AvgIpc) is 3.09. The smallest absolute Gasteiger partial charge is 0.249 e. The van der Waals surface area contributed by atoms with Gasteiger partial charge in [0.05, 0.1) is 0 Å². The lowest BCUT2D eigenvalue weighted by Crippen LogP contribution is -2.70. The van der Waals surface area contributed by atoms with Crippen molar-refractivity contribution in [2.24, 2.45) is 5.92 Å². The van der Waals surface area contributed by atoms with E-state index in [0.29, 0.717) is 5.92 Å². The third kappa shape index (κ3) is 2.04. The SMILES string of the molecule is CC1C(=O)NC2(CCCC2)C(=O)N1C(C)C1CCCC1. The number of hydrogen-bond acceptors (Lipinski definition) is 2. The predicted molar refractivity (Wildman–Crippen MR) is 77.1 cm³/mol. The normalized spacial score (nSPS) is 31.9. The first-order valence-electron chi connectivity index (χ1n) is 8.20. The van der Waals surface area contributed by atoms with Crippen LogP contribution < -0.4 is 5.32 Å². The van der Waals surface area contributed by atoms with Crippen molar-refractivity contribution in [2.45, 2.75) is 82.8 Å². The first-order valence-corrected chi connectivity index (χ1v) is 8.20. The molecule has 2 amide bonds. The van der Waals surface area contributed by atoms with E-state index in [0.717, 1.165) is 25.7 Å². The van der Waals surface area contributed by atoms with Crippen LogP contribution in [0.2, 0.25) is 0 Å². The van der Waals surface area contributed by atoms with Gasteiger partial charge in [-0.2, -0.15) is 0 Å². The zero-order valence-electron chi connectivity index (χ0n) is 12.7. The van der Waals surface area contributed by atoms with Gasteiger partial charge in [0.15, 0.2) is 0 Å². The van der Waals surface area contributed by atoms with E-state index < -0.39 is 5.54 Å². The van der Waals surface area contributed by atoms with Crippen molar-refractivity contribution in [2.75, 3.05) is 0 Å². The number of nitrogens with zero attached hydrogens (tertiary/aromatic N) is 1. The summed E-state index contributed by atoms with van der Waals surface area (Å²) in [7, 11) is 0. The molecule has 4 nitrogen and oxygen atoms in total. The molecule has 2 saturated carbocycles. The molecule has 3 rings (SSSR count). The molecule has 0 aromatic carbocycles.